The molecular formula is C13H24N4O. The van der Waals surface area contributed by atoms with Crippen molar-refractivity contribution < 1.29 is 5.11 Å². The van der Waals surface area contributed by atoms with Gasteiger partial charge in [0.25, 0.3) is 0 Å². The molecule has 0 bridgehead atoms. The number of piperidine rings is 1. The summed E-state index contributed by atoms with van der Waals surface area (Å²) in [5, 5.41) is 17.5. The average Bonchev–Trinajstić information content (AvgIpc) is 2.83. The minimum absolute atomic E-state index is 0.375. The molecule has 0 saturated carbocycles. The zero-order chi connectivity index (χ0) is 13.0. The lowest BCUT2D eigenvalue weighted by Gasteiger charge is -2.35. The van der Waals surface area contributed by atoms with Crippen molar-refractivity contribution in [2.24, 2.45) is 0 Å². The fourth-order valence-corrected chi connectivity index (χ4v) is 2.47. The number of rotatable bonds is 5. The van der Waals surface area contributed by atoms with E-state index in [9.17, 15) is 5.11 Å². The van der Waals surface area contributed by atoms with Crippen molar-refractivity contribution in [3.8, 4) is 0 Å². The smallest absolute Gasteiger partial charge is 0.0860 e. The zero-order valence-electron chi connectivity index (χ0n) is 11.3. The number of aliphatic hydroxyl groups excluding tert-OH is 1. The summed E-state index contributed by atoms with van der Waals surface area (Å²) in [5.74, 6) is 0. The molecule has 0 aromatic carbocycles. The summed E-state index contributed by atoms with van der Waals surface area (Å²) in [6, 6.07) is 3.03. The van der Waals surface area contributed by atoms with Crippen molar-refractivity contribution in [3.63, 3.8) is 0 Å². The van der Waals surface area contributed by atoms with E-state index in [1.807, 2.05) is 12.3 Å². The van der Waals surface area contributed by atoms with Crippen LogP contribution in [0.25, 0.3) is 0 Å². The second kappa shape index (κ2) is 6.31. The molecular weight excluding hydrogens is 228 g/mol. The number of likely N-dealkylation sites (tertiary alicyclic amines) is 1. The lowest BCUT2D eigenvalue weighted by Crippen LogP contribution is -2.47. The summed E-state index contributed by atoms with van der Waals surface area (Å²) in [4.78, 5) is 2.39. The Bertz CT molecular complexity index is 341. The Labute approximate surface area is 109 Å². The van der Waals surface area contributed by atoms with E-state index < -0.39 is 0 Å². The van der Waals surface area contributed by atoms with Gasteiger partial charge in [0.1, 0.15) is 0 Å². The fourth-order valence-electron chi connectivity index (χ4n) is 2.47. The monoisotopic (exact) mass is 252 g/mol. The zero-order valence-corrected chi connectivity index (χ0v) is 11.3. The summed E-state index contributed by atoms with van der Waals surface area (Å²) in [5.41, 5.74) is 0. The Morgan fingerprint density at radius 3 is 3.06 bits per heavy atom. The van der Waals surface area contributed by atoms with Crippen LogP contribution in [0, 0.1) is 0 Å². The molecule has 2 N–H and O–H groups in total. The van der Waals surface area contributed by atoms with Crippen LogP contribution in [-0.4, -0.2) is 58.1 Å². The van der Waals surface area contributed by atoms with Gasteiger partial charge in [-0.25, -0.2) is 0 Å². The molecule has 1 aliphatic rings. The Morgan fingerprint density at radius 2 is 2.39 bits per heavy atom. The minimum Gasteiger partial charge on any atom is -0.390 e. The fraction of sp³-hybridized carbons (Fsp3) is 0.769. The van der Waals surface area contributed by atoms with Crippen LogP contribution in [0.3, 0.4) is 0 Å². The molecule has 5 heteroatoms. The van der Waals surface area contributed by atoms with Crippen molar-refractivity contribution >= 4 is 0 Å². The number of aromatic nitrogens is 2. The summed E-state index contributed by atoms with van der Waals surface area (Å²) >= 11 is 0. The molecule has 18 heavy (non-hydrogen) atoms. The Morgan fingerprint density at radius 1 is 1.56 bits per heavy atom. The molecule has 3 unspecified atom stereocenters. The second-order valence-corrected chi connectivity index (χ2v) is 5.34. The van der Waals surface area contributed by atoms with Gasteiger partial charge in [0, 0.05) is 31.0 Å². The third kappa shape index (κ3) is 3.80. The number of aliphatic hydroxyl groups is 1. The van der Waals surface area contributed by atoms with Crippen molar-refractivity contribution in [1.29, 1.82) is 0 Å². The molecule has 1 aromatic rings. The first-order chi connectivity index (χ1) is 8.65. The molecule has 2 heterocycles. The molecule has 3 atom stereocenters. The van der Waals surface area contributed by atoms with Gasteiger partial charge in [-0.3, -0.25) is 4.68 Å². The molecule has 0 amide bonds. The predicted molar refractivity (Wildman–Crippen MR) is 71.4 cm³/mol. The first kappa shape index (κ1) is 13.5. The Balaban J connectivity index is 1.68. The van der Waals surface area contributed by atoms with Crippen LogP contribution in [-0.2, 0) is 6.54 Å². The molecule has 1 aromatic heterocycles. The Kier molecular flexibility index (Phi) is 4.74. The standard InChI is InChI=1S/C13H24N4O/c1-11-8-12(4-7-16(11)2)14-9-13(18)10-17-6-3-5-15-17/h3,5-6,11-14,18H,4,7-10H2,1-2H3. The lowest BCUT2D eigenvalue weighted by molar-refractivity contribution is 0.124. The van der Waals surface area contributed by atoms with Crippen LogP contribution in [0.5, 0.6) is 0 Å². The topological polar surface area (TPSA) is 53.3 Å². The first-order valence-electron chi connectivity index (χ1n) is 6.74. The van der Waals surface area contributed by atoms with Gasteiger partial charge in [-0.15, -0.1) is 0 Å². The van der Waals surface area contributed by atoms with Crippen LogP contribution in [0.4, 0.5) is 0 Å². The number of hydrogen-bond donors (Lipinski definition) is 2. The summed E-state index contributed by atoms with van der Waals surface area (Å²) in [6.45, 7) is 4.59. The quantitative estimate of drug-likeness (QED) is 0.792. The summed E-state index contributed by atoms with van der Waals surface area (Å²) < 4.78 is 1.77. The lowest BCUT2D eigenvalue weighted by atomic mass is 9.99. The van der Waals surface area contributed by atoms with Gasteiger partial charge in [-0.05, 0) is 39.4 Å². The number of nitrogens with one attached hydrogen (secondary N) is 1. The van der Waals surface area contributed by atoms with E-state index in [2.05, 4.69) is 29.3 Å². The largest absolute Gasteiger partial charge is 0.390 e. The summed E-state index contributed by atoms with van der Waals surface area (Å²) in [6.07, 6.45) is 5.56. The van der Waals surface area contributed by atoms with Crippen molar-refractivity contribution in [2.75, 3.05) is 20.1 Å². The molecule has 0 aliphatic carbocycles. The minimum atomic E-state index is -0.375. The van der Waals surface area contributed by atoms with Gasteiger partial charge in [-0.2, -0.15) is 5.10 Å². The van der Waals surface area contributed by atoms with Crippen LogP contribution in [0.15, 0.2) is 18.5 Å². The number of nitrogens with zero attached hydrogens (tertiary/aromatic N) is 3. The van der Waals surface area contributed by atoms with Crippen LogP contribution < -0.4 is 5.32 Å². The maximum atomic E-state index is 9.94. The van der Waals surface area contributed by atoms with Gasteiger partial charge in [0.15, 0.2) is 0 Å². The Hall–Kier alpha value is -0.910. The molecule has 5 nitrogen and oxygen atoms in total. The highest BCUT2D eigenvalue weighted by Gasteiger charge is 2.22. The highest BCUT2D eigenvalue weighted by atomic mass is 16.3. The van der Waals surface area contributed by atoms with E-state index in [1.165, 1.54) is 0 Å². The molecule has 102 valence electrons. The van der Waals surface area contributed by atoms with E-state index in [0.717, 1.165) is 19.4 Å². The van der Waals surface area contributed by atoms with Crippen molar-refractivity contribution in [3.05, 3.63) is 18.5 Å². The average molecular weight is 252 g/mol. The normalized spacial score (nSPS) is 27.3. The van der Waals surface area contributed by atoms with Crippen LogP contribution >= 0.6 is 0 Å². The molecule has 0 spiro atoms. The maximum Gasteiger partial charge on any atom is 0.0860 e. The van der Waals surface area contributed by atoms with Gasteiger partial charge < -0.3 is 15.3 Å². The maximum absolute atomic E-state index is 9.94. The molecule has 1 saturated heterocycles. The molecule has 1 fully saturated rings. The summed E-state index contributed by atoms with van der Waals surface area (Å²) in [7, 11) is 2.17. The highest BCUT2D eigenvalue weighted by Crippen LogP contribution is 2.15. The van der Waals surface area contributed by atoms with Gasteiger partial charge in [0.05, 0.1) is 12.6 Å². The molecule has 0 radical (unpaired) electrons. The van der Waals surface area contributed by atoms with E-state index in [0.29, 0.717) is 25.2 Å². The second-order valence-electron chi connectivity index (χ2n) is 5.34. The third-order valence-electron chi connectivity index (χ3n) is 3.81. The van der Waals surface area contributed by atoms with Crippen molar-refractivity contribution in [2.45, 2.75) is 44.5 Å². The molecule has 1 aliphatic heterocycles. The first-order valence-corrected chi connectivity index (χ1v) is 6.74. The van der Waals surface area contributed by atoms with E-state index in [4.69, 9.17) is 0 Å². The number of hydrogen-bond acceptors (Lipinski definition) is 4. The third-order valence-corrected chi connectivity index (χ3v) is 3.81. The van der Waals surface area contributed by atoms with Gasteiger partial charge in [-0.1, -0.05) is 0 Å². The van der Waals surface area contributed by atoms with Gasteiger partial charge >= 0.3 is 0 Å². The van der Waals surface area contributed by atoms with Crippen LogP contribution in [0.2, 0.25) is 0 Å². The predicted octanol–water partition coefficient (Wildman–Crippen LogP) is 0.316. The molecule has 2 rings (SSSR count). The van der Waals surface area contributed by atoms with Crippen LogP contribution in [0.1, 0.15) is 19.8 Å². The van der Waals surface area contributed by atoms with E-state index >= 15 is 0 Å². The van der Waals surface area contributed by atoms with Crippen molar-refractivity contribution in [1.82, 2.24) is 20.0 Å². The van der Waals surface area contributed by atoms with Gasteiger partial charge in [0.2, 0.25) is 0 Å². The van der Waals surface area contributed by atoms with E-state index in [1.54, 1.807) is 10.9 Å². The highest BCUT2D eigenvalue weighted by molar-refractivity contribution is 4.82. The SMILES string of the molecule is CC1CC(NCC(O)Cn2cccn2)CCN1C. The van der Waals surface area contributed by atoms with E-state index in [-0.39, 0.29) is 6.10 Å².